The molecule has 1 aromatic rings. The van der Waals surface area contributed by atoms with Crippen LogP contribution in [0, 0.1) is 0 Å². The molecule has 4 rings (SSSR count). The minimum atomic E-state index is 0. The third-order valence-electron chi connectivity index (χ3n) is 6.38. The molecule has 28 heavy (non-hydrogen) atoms. The summed E-state index contributed by atoms with van der Waals surface area (Å²) in [7, 11) is 0. The van der Waals surface area contributed by atoms with Gasteiger partial charge in [-0.15, -0.1) is 24.0 Å². The van der Waals surface area contributed by atoms with E-state index in [1.807, 2.05) is 0 Å². The van der Waals surface area contributed by atoms with E-state index >= 15 is 0 Å². The zero-order valence-electron chi connectivity index (χ0n) is 17.2. The van der Waals surface area contributed by atoms with Gasteiger partial charge >= 0.3 is 0 Å². The van der Waals surface area contributed by atoms with E-state index in [1.165, 1.54) is 24.0 Å². The molecule has 4 unspecified atom stereocenters. The lowest BCUT2D eigenvalue weighted by Crippen LogP contribution is -2.48. The fourth-order valence-corrected chi connectivity index (χ4v) is 4.81. The van der Waals surface area contributed by atoms with Gasteiger partial charge in [-0.2, -0.15) is 0 Å². The van der Waals surface area contributed by atoms with Crippen molar-refractivity contribution in [3.05, 3.63) is 35.4 Å². The second kappa shape index (κ2) is 10.3. The molecule has 0 aromatic heterocycles. The molecular weight excluding hydrogens is 463 g/mol. The smallest absolute Gasteiger partial charge is 0.191 e. The van der Waals surface area contributed by atoms with Gasteiger partial charge < -0.3 is 15.4 Å². The van der Waals surface area contributed by atoms with Gasteiger partial charge in [-0.05, 0) is 50.2 Å². The summed E-state index contributed by atoms with van der Waals surface area (Å²) >= 11 is 0. The highest BCUT2D eigenvalue weighted by atomic mass is 127. The Morgan fingerprint density at radius 2 is 2.07 bits per heavy atom. The van der Waals surface area contributed by atoms with Crippen molar-refractivity contribution >= 4 is 29.9 Å². The van der Waals surface area contributed by atoms with Gasteiger partial charge in [0.1, 0.15) is 0 Å². The fourth-order valence-electron chi connectivity index (χ4n) is 4.81. The first-order chi connectivity index (χ1) is 13.3. The highest BCUT2D eigenvalue weighted by Gasteiger charge is 2.41. The van der Waals surface area contributed by atoms with Crippen LogP contribution < -0.4 is 10.6 Å². The number of nitrogens with one attached hydrogen (secondary N) is 2. The second-order valence-corrected chi connectivity index (χ2v) is 8.13. The monoisotopic (exact) mass is 498 g/mol. The summed E-state index contributed by atoms with van der Waals surface area (Å²) in [6.07, 6.45) is 6.65. The molecule has 0 aliphatic carbocycles. The molecular formula is C22H35IN4O. The van der Waals surface area contributed by atoms with E-state index in [-0.39, 0.29) is 24.0 Å². The van der Waals surface area contributed by atoms with Crippen LogP contribution in [0.3, 0.4) is 0 Å². The SMILES string of the molecule is CCNC(=NCC(CC)N1CCc2ccccc2C1)NC1CC2CCC1O2.I. The maximum absolute atomic E-state index is 5.99. The van der Waals surface area contributed by atoms with Gasteiger partial charge in [-0.3, -0.25) is 9.89 Å². The lowest BCUT2D eigenvalue weighted by Gasteiger charge is -2.34. The number of aliphatic imine (C=N–C) groups is 1. The van der Waals surface area contributed by atoms with Crippen LogP contribution in [-0.4, -0.2) is 54.8 Å². The molecule has 3 aliphatic rings. The molecule has 2 fully saturated rings. The summed E-state index contributed by atoms with van der Waals surface area (Å²) in [5, 5.41) is 7.07. The van der Waals surface area contributed by atoms with Crippen LogP contribution in [-0.2, 0) is 17.7 Å². The van der Waals surface area contributed by atoms with E-state index in [0.717, 1.165) is 51.4 Å². The topological polar surface area (TPSA) is 48.9 Å². The van der Waals surface area contributed by atoms with Gasteiger partial charge in [-0.1, -0.05) is 31.2 Å². The van der Waals surface area contributed by atoms with Crippen LogP contribution in [0.1, 0.15) is 50.7 Å². The number of benzene rings is 1. The minimum absolute atomic E-state index is 0. The molecule has 0 spiro atoms. The summed E-state index contributed by atoms with van der Waals surface area (Å²) in [6.45, 7) is 8.33. The standard InChI is InChI=1S/C22H34N4O.HI/c1-3-18(26-12-11-16-7-5-6-8-17(16)15-26)14-24-22(23-4-2)25-20-13-19-9-10-21(20)27-19;/h5-8,18-21H,3-4,9-15H2,1-2H3,(H2,23,24,25);1H. The molecule has 1 aromatic carbocycles. The number of ether oxygens (including phenoxy) is 1. The van der Waals surface area contributed by atoms with E-state index in [9.17, 15) is 0 Å². The summed E-state index contributed by atoms with van der Waals surface area (Å²) < 4.78 is 5.99. The summed E-state index contributed by atoms with van der Waals surface area (Å²) in [5.74, 6) is 0.953. The quantitative estimate of drug-likeness (QED) is 0.359. The highest BCUT2D eigenvalue weighted by Crippen LogP contribution is 2.34. The van der Waals surface area contributed by atoms with Crippen LogP contribution in [0.2, 0.25) is 0 Å². The zero-order chi connectivity index (χ0) is 18.6. The predicted octanol–water partition coefficient (Wildman–Crippen LogP) is 3.32. The van der Waals surface area contributed by atoms with Crippen LogP contribution >= 0.6 is 24.0 Å². The fraction of sp³-hybridized carbons (Fsp3) is 0.682. The van der Waals surface area contributed by atoms with Gasteiger partial charge in [-0.25, -0.2) is 0 Å². The molecule has 0 radical (unpaired) electrons. The molecule has 3 aliphatic heterocycles. The van der Waals surface area contributed by atoms with E-state index in [4.69, 9.17) is 9.73 Å². The predicted molar refractivity (Wildman–Crippen MR) is 125 cm³/mol. The summed E-state index contributed by atoms with van der Waals surface area (Å²) in [5.41, 5.74) is 2.99. The first kappa shape index (κ1) is 21.8. The van der Waals surface area contributed by atoms with Crippen molar-refractivity contribution in [2.24, 2.45) is 4.99 Å². The first-order valence-electron chi connectivity index (χ1n) is 10.8. The third-order valence-corrected chi connectivity index (χ3v) is 6.38. The van der Waals surface area contributed by atoms with Crippen molar-refractivity contribution in [2.45, 2.75) is 76.8 Å². The normalized spacial score (nSPS) is 27.8. The maximum atomic E-state index is 5.99. The Kier molecular flexibility index (Phi) is 8.00. The Morgan fingerprint density at radius 1 is 1.25 bits per heavy atom. The van der Waals surface area contributed by atoms with Crippen molar-refractivity contribution in [3.63, 3.8) is 0 Å². The second-order valence-electron chi connectivity index (χ2n) is 8.13. The zero-order valence-corrected chi connectivity index (χ0v) is 19.5. The Morgan fingerprint density at radius 3 is 2.75 bits per heavy atom. The van der Waals surface area contributed by atoms with Crippen molar-refractivity contribution in [1.29, 1.82) is 0 Å². The largest absolute Gasteiger partial charge is 0.373 e. The van der Waals surface area contributed by atoms with Crippen LogP contribution in [0.4, 0.5) is 0 Å². The van der Waals surface area contributed by atoms with E-state index in [0.29, 0.717) is 24.3 Å². The third kappa shape index (κ3) is 5.00. The van der Waals surface area contributed by atoms with Crippen LogP contribution in [0.5, 0.6) is 0 Å². The lowest BCUT2D eigenvalue weighted by molar-refractivity contribution is 0.0992. The Hall–Kier alpha value is -0.860. The number of hydrogen-bond acceptors (Lipinski definition) is 3. The van der Waals surface area contributed by atoms with Crippen molar-refractivity contribution in [2.75, 3.05) is 19.6 Å². The Balaban J connectivity index is 0.00000225. The molecule has 6 heteroatoms. The molecule has 0 amide bonds. The van der Waals surface area contributed by atoms with Crippen LogP contribution in [0.15, 0.2) is 29.3 Å². The lowest BCUT2D eigenvalue weighted by atomic mass is 9.96. The van der Waals surface area contributed by atoms with Crippen LogP contribution in [0.25, 0.3) is 0 Å². The van der Waals surface area contributed by atoms with E-state index in [1.54, 1.807) is 0 Å². The van der Waals surface area contributed by atoms with Gasteiger partial charge in [0.25, 0.3) is 0 Å². The molecule has 3 heterocycles. The van der Waals surface area contributed by atoms with E-state index < -0.39 is 0 Å². The molecule has 5 nitrogen and oxygen atoms in total. The number of rotatable bonds is 6. The van der Waals surface area contributed by atoms with Gasteiger partial charge in [0, 0.05) is 25.7 Å². The maximum Gasteiger partial charge on any atom is 0.191 e. The minimum Gasteiger partial charge on any atom is -0.373 e. The average molecular weight is 498 g/mol. The number of fused-ring (bicyclic) bond motifs is 3. The summed E-state index contributed by atoms with van der Waals surface area (Å²) in [4.78, 5) is 7.57. The summed E-state index contributed by atoms with van der Waals surface area (Å²) in [6, 6.07) is 9.78. The van der Waals surface area contributed by atoms with Crippen molar-refractivity contribution < 1.29 is 4.74 Å². The number of guanidine groups is 1. The molecule has 2 saturated heterocycles. The number of halogens is 1. The molecule has 0 saturated carbocycles. The number of hydrogen-bond donors (Lipinski definition) is 2. The molecule has 2 bridgehead atoms. The Bertz CT molecular complexity index is 668. The first-order valence-corrected chi connectivity index (χ1v) is 10.8. The van der Waals surface area contributed by atoms with Gasteiger partial charge in [0.15, 0.2) is 5.96 Å². The molecule has 4 atom stereocenters. The van der Waals surface area contributed by atoms with Gasteiger partial charge in [0.05, 0.1) is 24.8 Å². The molecule has 156 valence electrons. The average Bonchev–Trinajstić information content (AvgIpc) is 3.31. The van der Waals surface area contributed by atoms with E-state index in [2.05, 4.69) is 53.6 Å². The van der Waals surface area contributed by atoms with Crippen molar-refractivity contribution in [1.82, 2.24) is 15.5 Å². The van der Waals surface area contributed by atoms with Crippen molar-refractivity contribution in [3.8, 4) is 0 Å². The Labute approximate surface area is 186 Å². The molecule has 2 N–H and O–H groups in total. The van der Waals surface area contributed by atoms with Gasteiger partial charge in [0.2, 0.25) is 0 Å². The number of nitrogens with zero attached hydrogens (tertiary/aromatic N) is 2. The highest BCUT2D eigenvalue weighted by molar-refractivity contribution is 14.0.